The Kier molecular flexibility index (Phi) is 6.05. The van der Waals surface area contributed by atoms with E-state index in [9.17, 15) is 4.79 Å². The summed E-state index contributed by atoms with van der Waals surface area (Å²) < 4.78 is 12.8. The monoisotopic (exact) mass is 459 g/mol. The number of aromatic nitrogens is 5. The summed E-state index contributed by atoms with van der Waals surface area (Å²) in [5.41, 5.74) is 9.55. The highest BCUT2D eigenvalue weighted by Gasteiger charge is 2.22. The number of fused-ring (bicyclic) bond motifs is 1. The Bertz CT molecular complexity index is 1330. The van der Waals surface area contributed by atoms with Gasteiger partial charge in [0.1, 0.15) is 11.4 Å². The topological polar surface area (TPSA) is 130 Å². The summed E-state index contributed by atoms with van der Waals surface area (Å²) in [7, 11) is 1.57. The lowest BCUT2D eigenvalue weighted by atomic mass is 10.0. The van der Waals surface area contributed by atoms with Crippen molar-refractivity contribution in [3.63, 3.8) is 0 Å². The molecule has 4 heterocycles. The van der Waals surface area contributed by atoms with Crippen LogP contribution in [0.5, 0.6) is 5.75 Å². The van der Waals surface area contributed by atoms with E-state index >= 15 is 0 Å². The molecule has 0 saturated heterocycles. The van der Waals surface area contributed by atoms with Crippen LogP contribution in [-0.4, -0.2) is 44.2 Å². The molecule has 0 aliphatic heterocycles. The van der Waals surface area contributed by atoms with Crippen molar-refractivity contribution < 1.29 is 14.3 Å². The van der Waals surface area contributed by atoms with Crippen molar-refractivity contribution in [1.29, 1.82) is 0 Å². The van der Waals surface area contributed by atoms with Crippen molar-refractivity contribution in [2.75, 3.05) is 19.5 Å². The summed E-state index contributed by atoms with van der Waals surface area (Å²) in [5.74, 6) is 1.25. The Morgan fingerprint density at radius 2 is 2.09 bits per heavy atom. The fourth-order valence-electron chi connectivity index (χ4n) is 3.62. The van der Waals surface area contributed by atoms with E-state index in [0.717, 1.165) is 11.1 Å². The first kappa shape index (κ1) is 21.8. The van der Waals surface area contributed by atoms with Crippen LogP contribution in [0.15, 0.2) is 48.9 Å². The van der Waals surface area contributed by atoms with E-state index in [4.69, 9.17) is 15.2 Å². The van der Waals surface area contributed by atoms with E-state index in [0.29, 0.717) is 40.9 Å². The van der Waals surface area contributed by atoms with E-state index in [2.05, 4.69) is 25.4 Å². The van der Waals surface area contributed by atoms with Gasteiger partial charge in [0.05, 0.1) is 31.0 Å². The minimum Gasteiger partial charge on any atom is -0.491 e. The number of pyridine rings is 3. The van der Waals surface area contributed by atoms with Gasteiger partial charge in [-0.25, -0.2) is 4.52 Å². The number of nitrogens with zero attached hydrogens (tertiary/aromatic N) is 5. The first-order valence-electron chi connectivity index (χ1n) is 11.1. The third-order valence-corrected chi connectivity index (χ3v) is 5.62. The normalized spacial score (nSPS) is 13.2. The molecular formula is C24H25N7O3. The van der Waals surface area contributed by atoms with E-state index in [1.54, 1.807) is 36.3 Å². The van der Waals surface area contributed by atoms with E-state index in [-0.39, 0.29) is 25.0 Å². The van der Waals surface area contributed by atoms with Gasteiger partial charge in [-0.15, -0.1) is 5.10 Å². The second-order valence-electron chi connectivity index (χ2n) is 8.22. The number of methoxy groups -OCH3 is 1. The van der Waals surface area contributed by atoms with Gasteiger partial charge in [0.2, 0.25) is 5.95 Å². The first-order chi connectivity index (χ1) is 16.6. The smallest absolute Gasteiger partial charge is 0.253 e. The molecule has 10 heteroatoms. The molecule has 4 aromatic rings. The zero-order valence-electron chi connectivity index (χ0n) is 18.8. The third kappa shape index (κ3) is 4.81. The molecule has 1 aliphatic rings. The van der Waals surface area contributed by atoms with Gasteiger partial charge in [0.25, 0.3) is 5.91 Å². The van der Waals surface area contributed by atoms with Crippen LogP contribution in [0, 0.1) is 5.92 Å². The Labute approximate surface area is 196 Å². The summed E-state index contributed by atoms with van der Waals surface area (Å²) in [6.07, 6.45) is 7.57. The third-order valence-electron chi connectivity index (χ3n) is 5.62. The number of ether oxygens (including phenoxy) is 2. The van der Waals surface area contributed by atoms with Gasteiger partial charge in [0, 0.05) is 31.3 Å². The van der Waals surface area contributed by atoms with Gasteiger partial charge in [-0.05, 0) is 54.7 Å². The van der Waals surface area contributed by atoms with Crippen LogP contribution in [0.4, 0.5) is 5.95 Å². The molecule has 5 rings (SSSR count). The number of amides is 1. The SMILES string of the molecule is COCc1ncc(-c2ccn3nc(N)nc3c2)cc1C(=O)NCc1ncccc1OCC1CC1. The van der Waals surface area contributed by atoms with Crippen LogP contribution >= 0.6 is 0 Å². The molecule has 1 amide bonds. The van der Waals surface area contributed by atoms with Gasteiger partial charge in [0.15, 0.2) is 5.65 Å². The van der Waals surface area contributed by atoms with Crippen molar-refractivity contribution in [1.82, 2.24) is 29.9 Å². The van der Waals surface area contributed by atoms with Crippen molar-refractivity contribution in [2.45, 2.75) is 26.0 Å². The molecule has 0 aromatic carbocycles. The average molecular weight is 460 g/mol. The first-order valence-corrected chi connectivity index (χ1v) is 11.1. The number of nitrogens with one attached hydrogen (secondary N) is 1. The zero-order valence-corrected chi connectivity index (χ0v) is 18.8. The van der Waals surface area contributed by atoms with Crippen molar-refractivity contribution >= 4 is 17.5 Å². The highest BCUT2D eigenvalue weighted by Crippen LogP contribution is 2.30. The number of anilines is 1. The number of nitrogen functional groups attached to an aromatic ring is 1. The number of rotatable bonds is 9. The van der Waals surface area contributed by atoms with Crippen LogP contribution in [-0.2, 0) is 17.9 Å². The van der Waals surface area contributed by atoms with Gasteiger partial charge in [-0.3, -0.25) is 14.8 Å². The lowest BCUT2D eigenvalue weighted by Crippen LogP contribution is -2.25. The quantitative estimate of drug-likeness (QED) is 0.391. The molecular weight excluding hydrogens is 434 g/mol. The maximum Gasteiger partial charge on any atom is 0.253 e. The van der Waals surface area contributed by atoms with E-state index < -0.39 is 0 Å². The average Bonchev–Trinajstić information content (AvgIpc) is 3.60. The van der Waals surface area contributed by atoms with Crippen LogP contribution in [0.25, 0.3) is 16.8 Å². The maximum absolute atomic E-state index is 13.2. The van der Waals surface area contributed by atoms with E-state index in [1.807, 2.05) is 24.3 Å². The molecule has 0 unspecified atom stereocenters. The second-order valence-corrected chi connectivity index (χ2v) is 8.22. The Balaban J connectivity index is 1.37. The number of carbonyl (C=O) groups excluding carboxylic acids is 1. The summed E-state index contributed by atoms with van der Waals surface area (Å²) in [5, 5.41) is 7.04. The molecule has 1 fully saturated rings. The molecule has 0 atom stereocenters. The minimum atomic E-state index is -0.270. The lowest BCUT2D eigenvalue weighted by molar-refractivity contribution is 0.0944. The molecule has 10 nitrogen and oxygen atoms in total. The molecule has 34 heavy (non-hydrogen) atoms. The molecule has 174 valence electrons. The molecule has 0 bridgehead atoms. The van der Waals surface area contributed by atoms with Crippen molar-refractivity contribution in [2.24, 2.45) is 5.92 Å². The Hall–Kier alpha value is -4.05. The van der Waals surface area contributed by atoms with Crippen molar-refractivity contribution in [3.8, 4) is 16.9 Å². The van der Waals surface area contributed by atoms with Gasteiger partial charge < -0.3 is 20.5 Å². The number of nitrogens with two attached hydrogens (primary N) is 1. The standard InChI is InChI=1S/C24H25N7O3/c1-33-14-20-18(9-17(11-27-20)16-6-8-31-22(10-16)29-24(25)30-31)23(32)28-12-19-21(3-2-7-26-19)34-13-15-4-5-15/h2-3,6-11,15H,4-5,12-14H2,1H3,(H2,25,30)(H,28,32). The number of hydrogen-bond acceptors (Lipinski definition) is 8. The fourth-order valence-corrected chi connectivity index (χ4v) is 3.62. The van der Waals surface area contributed by atoms with Gasteiger partial charge >= 0.3 is 0 Å². The predicted molar refractivity (Wildman–Crippen MR) is 125 cm³/mol. The second kappa shape index (κ2) is 9.44. The Morgan fingerprint density at radius 1 is 1.21 bits per heavy atom. The highest BCUT2D eigenvalue weighted by atomic mass is 16.5. The summed E-state index contributed by atoms with van der Waals surface area (Å²) in [6, 6.07) is 9.22. The molecule has 0 radical (unpaired) electrons. The lowest BCUT2D eigenvalue weighted by Gasteiger charge is -2.13. The molecule has 0 spiro atoms. The fraction of sp³-hybridized carbons (Fsp3) is 0.292. The van der Waals surface area contributed by atoms with Crippen LogP contribution in [0.3, 0.4) is 0 Å². The number of hydrogen-bond donors (Lipinski definition) is 2. The van der Waals surface area contributed by atoms with Gasteiger partial charge in [-0.1, -0.05) is 0 Å². The zero-order chi connectivity index (χ0) is 23.5. The van der Waals surface area contributed by atoms with Crippen molar-refractivity contribution in [3.05, 3.63) is 65.9 Å². The largest absolute Gasteiger partial charge is 0.491 e. The van der Waals surface area contributed by atoms with Gasteiger partial charge in [-0.2, -0.15) is 4.98 Å². The van der Waals surface area contributed by atoms with Crippen LogP contribution in [0.1, 0.15) is 34.6 Å². The van der Waals surface area contributed by atoms with E-state index in [1.165, 1.54) is 12.8 Å². The maximum atomic E-state index is 13.2. The number of carbonyl (C=O) groups is 1. The predicted octanol–water partition coefficient (Wildman–Crippen LogP) is 2.63. The van der Waals surface area contributed by atoms with Crippen LogP contribution < -0.4 is 15.8 Å². The molecule has 1 aliphatic carbocycles. The summed E-state index contributed by atoms with van der Waals surface area (Å²) in [6.45, 7) is 1.13. The highest BCUT2D eigenvalue weighted by molar-refractivity contribution is 5.96. The van der Waals surface area contributed by atoms with Crippen LogP contribution in [0.2, 0.25) is 0 Å². The summed E-state index contributed by atoms with van der Waals surface area (Å²) in [4.78, 5) is 26.3. The Morgan fingerprint density at radius 3 is 2.91 bits per heavy atom. The minimum absolute atomic E-state index is 0.195. The molecule has 4 aromatic heterocycles. The summed E-state index contributed by atoms with van der Waals surface area (Å²) >= 11 is 0. The molecule has 3 N–H and O–H groups in total. The molecule has 1 saturated carbocycles.